The summed E-state index contributed by atoms with van der Waals surface area (Å²) < 4.78 is 8.60. The zero-order valence-electron chi connectivity index (χ0n) is 27.0. The quantitative estimate of drug-likeness (QED) is 0.205. The van der Waals surface area contributed by atoms with Gasteiger partial charge in [0, 0.05) is 55.1 Å². The van der Waals surface area contributed by atoms with Gasteiger partial charge in [0.2, 0.25) is 0 Å². The molecule has 2 aliphatic carbocycles. The minimum Gasteiger partial charge on any atom is -0.464 e. The first-order valence-corrected chi connectivity index (χ1v) is 16.8. The predicted molar refractivity (Wildman–Crippen MR) is 202 cm³/mol. The summed E-state index contributed by atoms with van der Waals surface area (Å²) in [5.41, 5.74) is 14.6. The van der Waals surface area contributed by atoms with Crippen LogP contribution in [0.15, 0.2) is 140 Å². The van der Waals surface area contributed by atoms with E-state index in [1.54, 1.807) is 6.26 Å². The highest BCUT2D eigenvalue weighted by Gasteiger charge is 2.35. The summed E-state index contributed by atoms with van der Waals surface area (Å²) in [6.45, 7) is 9.05. The average molecular weight is 619 g/mol. The molecule has 3 aliphatic rings. The van der Waals surface area contributed by atoms with Crippen LogP contribution in [-0.4, -0.2) is 9.55 Å². The van der Waals surface area contributed by atoms with Gasteiger partial charge in [-0.05, 0) is 93.9 Å². The van der Waals surface area contributed by atoms with E-state index < -0.39 is 0 Å². The van der Waals surface area contributed by atoms with Crippen molar-refractivity contribution in [1.29, 1.82) is 0 Å². The molecule has 1 unspecified atom stereocenters. The maximum Gasteiger partial charge on any atom is 0.136 e. The van der Waals surface area contributed by atoms with Crippen molar-refractivity contribution >= 4 is 49.2 Å². The molecule has 3 nitrogen and oxygen atoms in total. The summed E-state index contributed by atoms with van der Waals surface area (Å²) in [5, 5.41) is 4.97. The second-order valence-electron chi connectivity index (χ2n) is 13.9. The molecule has 3 heteroatoms. The summed E-state index contributed by atoms with van der Waals surface area (Å²) in [4.78, 5) is 3.74. The maximum absolute atomic E-state index is 6.12. The van der Waals surface area contributed by atoms with Crippen LogP contribution in [-0.2, 0) is 5.41 Å². The van der Waals surface area contributed by atoms with E-state index in [9.17, 15) is 0 Å². The summed E-state index contributed by atoms with van der Waals surface area (Å²) in [6, 6.07) is 32.2. The van der Waals surface area contributed by atoms with Gasteiger partial charge in [-0.3, -0.25) is 0 Å². The van der Waals surface area contributed by atoms with Crippen LogP contribution in [0.25, 0.3) is 71.4 Å². The van der Waals surface area contributed by atoms with Crippen molar-refractivity contribution in [1.82, 2.24) is 9.55 Å². The standard InChI is InChI=1S/C45H34N2O/c1-27-11-9-10-20-48-44-26-43-37(23-32(27)44)36-22-29(17-19-42(36)47(43)30-12-5-4-6-13-30)28-16-18-40-34(21-28)35-24-33-31-14-7-8-15-38(31)45(2,3)39(33)25-41(35)46-40/h4-12,14-26,30,46H,1,13H2,2-3H3/b11-9-,20-10-. The molecular weight excluding hydrogens is 585 g/mol. The lowest BCUT2D eigenvalue weighted by molar-refractivity contribution is 0.480. The molecule has 0 amide bonds. The number of H-pyrrole nitrogens is 1. The molecule has 0 radical (unpaired) electrons. The van der Waals surface area contributed by atoms with Crippen molar-refractivity contribution in [3.8, 4) is 28.0 Å². The fourth-order valence-corrected chi connectivity index (χ4v) is 8.41. The van der Waals surface area contributed by atoms with Gasteiger partial charge in [-0.2, -0.15) is 0 Å². The molecular formula is C45H34N2O. The number of ether oxygens (including phenoxy) is 1. The number of aromatic amines is 1. The van der Waals surface area contributed by atoms with Gasteiger partial charge in [-0.15, -0.1) is 0 Å². The first-order valence-electron chi connectivity index (χ1n) is 16.8. The van der Waals surface area contributed by atoms with Gasteiger partial charge in [0.1, 0.15) is 5.75 Å². The first-order chi connectivity index (χ1) is 23.5. The molecule has 1 N–H and O–H groups in total. The van der Waals surface area contributed by atoms with Crippen LogP contribution in [0.2, 0.25) is 0 Å². The topological polar surface area (TPSA) is 29.9 Å². The fourth-order valence-electron chi connectivity index (χ4n) is 8.41. The maximum atomic E-state index is 6.12. The summed E-state index contributed by atoms with van der Waals surface area (Å²) in [5.74, 6) is 0.829. The number of nitrogens with zero attached hydrogens (tertiary/aromatic N) is 1. The van der Waals surface area contributed by atoms with Crippen molar-refractivity contribution in [3.63, 3.8) is 0 Å². The Hall–Kier alpha value is -5.80. The molecule has 3 heterocycles. The SMILES string of the molecule is C=C1/C=C\C=C/Oc2cc3c(cc21)c1cc(-c2ccc4[nH]c5cc6c(cc5c4c2)-c2ccccc2C6(C)C)ccc1n3C1C=CC=CC1. The smallest absolute Gasteiger partial charge is 0.136 e. The van der Waals surface area contributed by atoms with Crippen molar-refractivity contribution in [3.05, 3.63) is 157 Å². The molecule has 0 spiro atoms. The number of allylic oxidation sites excluding steroid dienone is 8. The van der Waals surface area contributed by atoms with E-state index in [0.717, 1.165) is 28.8 Å². The Bertz CT molecular complexity index is 2670. The lowest BCUT2D eigenvalue weighted by atomic mass is 9.82. The Morgan fingerprint density at radius 2 is 1.50 bits per heavy atom. The van der Waals surface area contributed by atoms with Crippen LogP contribution in [0.3, 0.4) is 0 Å². The molecule has 7 aromatic rings. The van der Waals surface area contributed by atoms with Crippen LogP contribution in [0.4, 0.5) is 0 Å². The molecule has 48 heavy (non-hydrogen) atoms. The lowest BCUT2D eigenvalue weighted by Gasteiger charge is -2.21. The average Bonchev–Trinajstić information content (AvgIpc) is 3.70. The number of hydrogen-bond donors (Lipinski definition) is 1. The predicted octanol–water partition coefficient (Wildman–Crippen LogP) is 11.9. The molecule has 0 bridgehead atoms. The highest BCUT2D eigenvalue weighted by Crippen LogP contribution is 2.50. The number of aromatic nitrogens is 2. The second kappa shape index (κ2) is 9.85. The highest BCUT2D eigenvalue weighted by molar-refractivity contribution is 6.13. The molecule has 1 atom stereocenters. The lowest BCUT2D eigenvalue weighted by Crippen LogP contribution is -2.14. The Kier molecular flexibility index (Phi) is 5.61. The van der Waals surface area contributed by atoms with Gasteiger partial charge in [-0.1, -0.05) is 93.3 Å². The van der Waals surface area contributed by atoms with Gasteiger partial charge >= 0.3 is 0 Å². The van der Waals surface area contributed by atoms with E-state index in [1.807, 2.05) is 18.2 Å². The van der Waals surface area contributed by atoms with Crippen LogP contribution in [0.1, 0.15) is 43.0 Å². The molecule has 1 aliphatic heterocycles. The molecule has 5 aromatic carbocycles. The van der Waals surface area contributed by atoms with Crippen LogP contribution in [0, 0.1) is 0 Å². The van der Waals surface area contributed by atoms with Gasteiger partial charge < -0.3 is 14.3 Å². The fraction of sp³-hybridized carbons (Fsp3) is 0.111. The van der Waals surface area contributed by atoms with E-state index in [-0.39, 0.29) is 11.5 Å². The molecule has 0 saturated heterocycles. The molecule has 0 fully saturated rings. The van der Waals surface area contributed by atoms with E-state index in [4.69, 9.17) is 4.74 Å². The van der Waals surface area contributed by atoms with E-state index >= 15 is 0 Å². The minimum absolute atomic E-state index is 0.0239. The van der Waals surface area contributed by atoms with Gasteiger partial charge in [0.15, 0.2) is 0 Å². The van der Waals surface area contributed by atoms with Crippen molar-refractivity contribution in [2.75, 3.05) is 0 Å². The number of nitrogens with one attached hydrogen (secondary N) is 1. The largest absolute Gasteiger partial charge is 0.464 e. The second-order valence-corrected chi connectivity index (χ2v) is 13.9. The molecule has 2 aromatic heterocycles. The first kappa shape index (κ1) is 27.3. The summed E-state index contributed by atoms with van der Waals surface area (Å²) in [7, 11) is 0. The number of hydrogen-bond acceptors (Lipinski definition) is 1. The van der Waals surface area contributed by atoms with E-state index in [0.29, 0.717) is 0 Å². The number of rotatable bonds is 2. The third kappa shape index (κ3) is 3.82. The third-order valence-electron chi connectivity index (χ3n) is 10.9. The normalized spacial score (nSPS) is 18.9. The summed E-state index contributed by atoms with van der Waals surface area (Å²) in [6.07, 6.45) is 17.5. The van der Waals surface area contributed by atoms with Gasteiger partial charge in [0.25, 0.3) is 0 Å². The summed E-state index contributed by atoms with van der Waals surface area (Å²) >= 11 is 0. The third-order valence-corrected chi connectivity index (χ3v) is 10.9. The number of fused-ring (bicyclic) bond motifs is 10. The minimum atomic E-state index is -0.0239. The van der Waals surface area contributed by atoms with E-state index in [1.165, 1.54) is 71.5 Å². The van der Waals surface area contributed by atoms with Crippen molar-refractivity contribution in [2.24, 2.45) is 0 Å². The van der Waals surface area contributed by atoms with Gasteiger partial charge in [0.05, 0.1) is 17.8 Å². The molecule has 10 rings (SSSR count). The zero-order chi connectivity index (χ0) is 32.1. The molecule has 230 valence electrons. The Balaban J connectivity index is 1.17. The van der Waals surface area contributed by atoms with Crippen molar-refractivity contribution in [2.45, 2.75) is 31.7 Å². The Morgan fingerprint density at radius 1 is 0.708 bits per heavy atom. The van der Waals surface area contributed by atoms with Gasteiger partial charge in [-0.25, -0.2) is 0 Å². The van der Waals surface area contributed by atoms with Crippen LogP contribution >= 0.6 is 0 Å². The highest BCUT2D eigenvalue weighted by atomic mass is 16.5. The Morgan fingerprint density at radius 3 is 2.38 bits per heavy atom. The zero-order valence-corrected chi connectivity index (χ0v) is 27.0. The van der Waals surface area contributed by atoms with Crippen molar-refractivity contribution < 1.29 is 4.74 Å². The number of benzene rings is 5. The monoisotopic (exact) mass is 618 g/mol. The van der Waals surface area contributed by atoms with E-state index in [2.05, 4.69) is 139 Å². The Labute approximate surface area is 279 Å². The molecule has 0 saturated carbocycles. The van der Waals surface area contributed by atoms with Crippen LogP contribution in [0.5, 0.6) is 5.75 Å². The van der Waals surface area contributed by atoms with Crippen LogP contribution < -0.4 is 4.74 Å².